The van der Waals surface area contributed by atoms with Gasteiger partial charge < -0.3 is 0 Å². The van der Waals surface area contributed by atoms with Crippen LogP contribution in [0.1, 0.15) is 11.1 Å². The van der Waals surface area contributed by atoms with E-state index in [1.54, 1.807) is 24.3 Å². The molecule has 0 aliphatic rings. The lowest BCUT2D eigenvalue weighted by Gasteiger charge is -2.13. The van der Waals surface area contributed by atoms with Crippen LogP contribution in [0.15, 0.2) is 83.8 Å². The predicted octanol–water partition coefficient (Wildman–Crippen LogP) is 3.53. The molecule has 3 aromatic carbocycles. The first kappa shape index (κ1) is 20.8. The lowest BCUT2D eigenvalue weighted by atomic mass is 10.0. The number of likely N-dealkylation sites (N-methyl/N-ethyl adjacent to an activating group) is 1. The molecule has 29 heavy (non-hydrogen) atoms. The zero-order chi connectivity index (χ0) is 20.7. The average molecular weight is 405 g/mol. The molecule has 148 valence electrons. The van der Waals surface area contributed by atoms with Crippen molar-refractivity contribution in [1.29, 1.82) is 0 Å². The molecular weight excluding hydrogens is 380 g/mol. The number of rotatable bonds is 6. The van der Waals surface area contributed by atoms with Crippen LogP contribution in [-0.2, 0) is 16.4 Å². The molecule has 0 aliphatic heterocycles. The van der Waals surface area contributed by atoms with E-state index in [0.29, 0.717) is 6.54 Å². The lowest BCUT2D eigenvalue weighted by molar-refractivity contribution is 0.381. The van der Waals surface area contributed by atoms with E-state index in [4.69, 9.17) is 5.14 Å². The van der Waals surface area contributed by atoms with E-state index < -0.39 is 10.0 Å². The van der Waals surface area contributed by atoms with Gasteiger partial charge in [-0.3, -0.25) is 4.90 Å². The fourth-order valence-electron chi connectivity index (χ4n) is 2.90. The Balaban J connectivity index is 1.50. The Kier molecular flexibility index (Phi) is 6.84. The summed E-state index contributed by atoms with van der Waals surface area (Å²) in [6.45, 7) is 1.49. The summed E-state index contributed by atoms with van der Waals surface area (Å²) in [4.78, 5) is 2.28. The van der Waals surface area contributed by atoms with Gasteiger partial charge in [0.25, 0.3) is 0 Å². The third-order valence-electron chi connectivity index (χ3n) is 4.61. The van der Waals surface area contributed by atoms with Crippen LogP contribution in [0.5, 0.6) is 0 Å². The van der Waals surface area contributed by atoms with Crippen molar-refractivity contribution >= 4 is 10.0 Å². The number of nitrogens with zero attached hydrogens (tertiary/aromatic N) is 1. The maximum Gasteiger partial charge on any atom is 0.238 e. The molecule has 0 bridgehead atoms. The molecule has 3 rings (SSSR count). The summed E-state index contributed by atoms with van der Waals surface area (Å²) in [5, 5.41) is 5.12. The second-order valence-electron chi connectivity index (χ2n) is 6.92. The largest absolute Gasteiger partial charge is 0.295 e. The van der Waals surface area contributed by atoms with E-state index in [0.717, 1.165) is 24.1 Å². The molecular formula is C24H24N2O2S. The van der Waals surface area contributed by atoms with Crippen molar-refractivity contribution in [2.75, 3.05) is 20.1 Å². The maximum atomic E-state index is 11.3. The molecule has 0 fully saturated rings. The van der Waals surface area contributed by atoms with Crippen LogP contribution in [0, 0.1) is 11.8 Å². The van der Waals surface area contributed by atoms with Crippen molar-refractivity contribution in [3.8, 4) is 23.0 Å². The molecule has 0 amide bonds. The van der Waals surface area contributed by atoms with Gasteiger partial charge in [-0.05, 0) is 54.4 Å². The molecule has 0 heterocycles. The predicted molar refractivity (Wildman–Crippen MR) is 118 cm³/mol. The Hall–Kier alpha value is -2.91. The Bertz CT molecular complexity index is 1100. The summed E-state index contributed by atoms with van der Waals surface area (Å²) < 4.78 is 22.6. The van der Waals surface area contributed by atoms with Crippen molar-refractivity contribution in [2.24, 2.45) is 5.14 Å². The summed E-state index contributed by atoms with van der Waals surface area (Å²) in [6, 6.07) is 25.2. The Morgan fingerprint density at radius 1 is 0.862 bits per heavy atom. The second kappa shape index (κ2) is 9.53. The normalized spacial score (nSPS) is 11.1. The molecule has 0 atom stereocenters. The Labute approximate surface area is 173 Å². The SMILES string of the molecule is CN(CC#Cc1ccc(-c2ccccc2)cc1)CCc1ccc(S(N)(=O)=O)cc1. The van der Waals surface area contributed by atoms with Crippen molar-refractivity contribution < 1.29 is 8.42 Å². The molecule has 0 radical (unpaired) electrons. The van der Waals surface area contributed by atoms with Crippen LogP contribution in [0.2, 0.25) is 0 Å². The van der Waals surface area contributed by atoms with E-state index in [9.17, 15) is 8.42 Å². The highest BCUT2D eigenvalue weighted by Crippen LogP contribution is 2.18. The fourth-order valence-corrected chi connectivity index (χ4v) is 3.41. The zero-order valence-corrected chi connectivity index (χ0v) is 17.2. The smallest absolute Gasteiger partial charge is 0.238 e. The molecule has 0 saturated heterocycles. The summed E-state index contributed by atoms with van der Waals surface area (Å²) in [5.74, 6) is 6.41. The summed E-state index contributed by atoms with van der Waals surface area (Å²) in [5.41, 5.74) is 4.44. The highest BCUT2D eigenvalue weighted by Gasteiger charge is 2.06. The van der Waals surface area contributed by atoms with Crippen LogP contribution in [-0.4, -0.2) is 33.5 Å². The third kappa shape index (κ3) is 6.30. The van der Waals surface area contributed by atoms with Crippen LogP contribution < -0.4 is 5.14 Å². The monoisotopic (exact) mass is 404 g/mol. The van der Waals surface area contributed by atoms with E-state index in [1.165, 1.54) is 11.1 Å². The number of benzene rings is 3. The van der Waals surface area contributed by atoms with E-state index in [-0.39, 0.29) is 4.90 Å². The van der Waals surface area contributed by atoms with E-state index >= 15 is 0 Å². The van der Waals surface area contributed by atoms with Gasteiger partial charge in [-0.15, -0.1) is 0 Å². The fraction of sp³-hybridized carbons (Fsp3) is 0.167. The van der Waals surface area contributed by atoms with Crippen molar-refractivity contribution in [3.63, 3.8) is 0 Å². The quantitative estimate of drug-likeness (QED) is 0.640. The van der Waals surface area contributed by atoms with Gasteiger partial charge in [-0.25, -0.2) is 13.6 Å². The van der Waals surface area contributed by atoms with Gasteiger partial charge in [-0.1, -0.05) is 66.4 Å². The first-order valence-corrected chi connectivity index (χ1v) is 10.9. The Morgan fingerprint density at radius 3 is 2.10 bits per heavy atom. The number of hydrogen-bond donors (Lipinski definition) is 1. The van der Waals surface area contributed by atoms with Crippen LogP contribution in [0.25, 0.3) is 11.1 Å². The first-order chi connectivity index (χ1) is 13.9. The van der Waals surface area contributed by atoms with Gasteiger partial charge in [0.15, 0.2) is 0 Å². The van der Waals surface area contributed by atoms with Gasteiger partial charge in [0.2, 0.25) is 10.0 Å². The van der Waals surface area contributed by atoms with Crippen molar-refractivity contribution in [1.82, 2.24) is 4.90 Å². The average Bonchev–Trinajstić information content (AvgIpc) is 2.73. The highest BCUT2D eigenvalue weighted by molar-refractivity contribution is 7.89. The minimum absolute atomic E-state index is 0.138. The van der Waals surface area contributed by atoms with Gasteiger partial charge in [0, 0.05) is 12.1 Å². The highest BCUT2D eigenvalue weighted by atomic mass is 32.2. The van der Waals surface area contributed by atoms with Crippen LogP contribution in [0.3, 0.4) is 0 Å². The number of hydrogen-bond acceptors (Lipinski definition) is 3. The van der Waals surface area contributed by atoms with E-state index in [2.05, 4.69) is 41.0 Å². The van der Waals surface area contributed by atoms with Gasteiger partial charge in [-0.2, -0.15) is 0 Å². The minimum atomic E-state index is -3.64. The molecule has 2 N–H and O–H groups in total. The molecule has 0 aromatic heterocycles. The van der Waals surface area contributed by atoms with E-state index in [1.807, 2.05) is 37.4 Å². The molecule has 4 nitrogen and oxygen atoms in total. The summed E-state index contributed by atoms with van der Waals surface area (Å²) in [6.07, 6.45) is 0.814. The third-order valence-corrected chi connectivity index (χ3v) is 5.54. The number of nitrogens with two attached hydrogens (primary N) is 1. The number of sulfonamides is 1. The lowest BCUT2D eigenvalue weighted by Crippen LogP contribution is -2.21. The molecule has 0 unspecified atom stereocenters. The molecule has 0 saturated carbocycles. The number of primary sulfonamides is 1. The Morgan fingerprint density at radius 2 is 1.48 bits per heavy atom. The molecule has 0 aliphatic carbocycles. The molecule has 0 spiro atoms. The van der Waals surface area contributed by atoms with Crippen molar-refractivity contribution in [2.45, 2.75) is 11.3 Å². The van der Waals surface area contributed by atoms with Gasteiger partial charge in [0.1, 0.15) is 0 Å². The molecule has 5 heteroatoms. The zero-order valence-electron chi connectivity index (χ0n) is 16.4. The van der Waals surface area contributed by atoms with Crippen LogP contribution in [0.4, 0.5) is 0 Å². The first-order valence-electron chi connectivity index (χ1n) is 9.36. The summed E-state index contributed by atoms with van der Waals surface area (Å²) in [7, 11) is -1.62. The minimum Gasteiger partial charge on any atom is -0.295 e. The molecule has 3 aromatic rings. The maximum absolute atomic E-state index is 11.3. The second-order valence-corrected chi connectivity index (χ2v) is 8.48. The standard InChI is InChI=1S/C24H24N2O2S/c1-26(19-17-21-11-15-24(16-12-21)29(25,27)28)18-5-6-20-9-13-23(14-10-20)22-7-3-2-4-8-22/h2-4,7-16H,17-19H2,1H3,(H2,25,27,28). The van der Waals surface area contributed by atoms with Gasteiger partial charge in [0.05, 0.1) is 11.4 Å². The summed E-state index contributed by atoms with van der Waals surface area (Å²) >= 11 is 0. The van der Waals surface area contributed by atoms with Crippen LogP contribution >= 0.6 is 0 Å². The van der Waals surface area contributed by atoms with Gasteiger partial charge >= 0.3 is 0 Å². The topological polar surface area (TPSA) is 63.4 Å². The van der Waals surface area contributed by atoms with Crippen molar-refractivity contribution in [3.05, 3.63) is 90.0 Å².